The minimum absolute atomic E-state index is 0.499. The number of nitrogens with one attached hydrogen (secondary N) is 1. The first-order chi connectivity index (χ1) is 16.1. The van der Waals surface area contributed by atoms with E-state index in [0.717, 1.165) is 42.0 Å². The zero-order chi connectivity index (χ0) is 22.8. The molecule has 0 aliphatic carbocycles. The Morgan fingerprint density at radius 2 is 1.70 bits per heavy atom. The van der Waals surface area contributed by atoms with Crippen molar-refractivity contribution in [2.45, 2.75) is 39.2 Å². The molecular formula is C29H30N4. The SMILES string of the molecule is [C-]#[N+]c1ccc(-c2c(-c3ccc(C(C)C)cc3)ncc3c2ccn3CC2CCNCC2)cc1. The van der Waals surface area contributed by atoms with Gasteiger partial charge in [0, 0.05) is 29.3 Å². The maximum atomic E-state index is 7.31. The Kier molecular flexibility index (Phi) is 5.98. The number of fused-ring (bicyclic) bond motifs is 1. The van der Waals surface area contributed by atoms with Crippen LogP contribution in [0.2, 0.25) is 0 Å². The van der Waals surface area contributed by atoms with Gasteiger partial charge >= 0.3 is 0 Å². The van der Waals surface area contributed by atoms with Crippen LogP contribution in [-0.2, 0) is 6.54 Å². The van der Waals surface area contributed by atoms with Crippen LogP contribution in [-0.4, -0.2) is 22.6 Å². The molecule has 1 aliphatic heterocycles. The number of hydrogen-bond acceptors (Lipinski definition) is 2. The second-order valence-electron chi connectivity index (χ2n) is 9.38. The molecule has 1 saturated heterocycles. The summed E-state index contributed by atoms with van der Waals surface area (Å²) in [6.45, 7) is 15.0. The van der Waals surface area contributed by atoms with Crippen LogP contribution in [0.3, 0.4) is 0 Å². The van der Waals surface area contributed by atoms with E-state index in [1.54, 1.807) is 0 Å². The average Bonchev–Trinajstić information content (AvgIpc) is 3.27. The first kappa shape index (κ1) is 21.4. The van der Waals surface area contributed by atoms with E-state index < -0.39 is 0 Å². The highest BCUT2D eigenvalue weighted by Gasteiger charge is 2.19. The number of aromatic nitrogens is 2. The number of rotatable bonds is 5. The van der Waals surface area contributed by atoms with Crippen molar-refractivity contribution >= 4 is 16.6 Å². The Labute approximate surface area is 196 Å². The Morgan fingerprint density at radius 3 is 2.36 bits per heavy atom. The van der Waals surface area contributed by atoms with Crippen molar-refractivity contribution in [3.05, 3.63) is 84.0 Å². The maximum Gasteiger partial charge on any atom is 0.187 e. The van der Waals surface area contributed by atoms with E-state index in [0.29, 0.717) is 17.5 Å². The van der Waals surface area contributed by atoms with Gasteiger partial charge in [0.15, 0.2) is 5.69 Å². The van der Waals surface area contributed by atoms with E-state index in [9.17, 15) is 0 Å². The Balaban J connectivity index is 1.63. The van der Waals surface area contributed by atoms with Crippen molar-refractivity contribution in [1.82, 2.24) is 14.9 Å². The van der Waals surface area contributed by atoms with Gasteiger partial charge in [-0.2, -0.15) is 0 Å². The van der Waals surface area contributed by atoms with Crippen LogP contribution < -0.4 is 5.32 Å². The Hall–Kier alpha value is -3.42. The number of nitrogens with zero attached hydrogens (tertiary/aromatic N) is 3. The van der Waals surface area contributed by atoms with Crippen molar-refractivity contribution in [3.8, 4) is 22.4 Å². The van der Waals surface area contributed by atoms with E-state index in [-0.39, 0.29) is 0 Å². The van der Waals surface area contributed by atoms with Crippen molar-refractivity contribution in [2.24, 2.45) is 5.92 Å². The van der Waals surface area contributed by atoms with Crippen LogP contribution in [0.4, 0.5) is 5.69 Å². The molecule has 1 fully saturated rings. The lowest BCUT2D eigenvalue weighted by Gasteiger charge is -2.23. The predicted octanol–water partition coefficient (Wildman–Crippen LogP) is 7.04. The summed E-state index contributed by atoms with van der Waals surface area (Å²) in [5.74, 6) is 1.20. The first-order valence-corrected chi connectivity index (χ1v) is 11.9. The van der Waals surface area contributed by atoms with Crippen LogP contribution in [0.25, 0.3) is 38.1 Å². The monoisotopic (exact) mass is 434 g/mol. The van der Waals surface area contributed by atoms with Gasteiger partial charge in [-0.05, 0) is 55.0 Å². The molecule has 4 heteroatoms. The molecule has 2 aromatic heterocycles. The summed E-state index contributed by atoms with van der Waals surface area (Å²) in [6.07, 6.45) is 6.70. The summed E-state index contributed by atoms with van der Waals surface area (Å²) < 4.78 is 2.38. The first-order valence-electron chi connectivity index (χ1n) is 11.9. The Morgan fingerprint density at radius 1 is 1.00 bits per heavy atom. The van der Waals surface area contributed by atoms with E-state index in [2.05, 4.69) is 77.2 Å². The third-order valence-corrected chi connectivity index (χ3v) is 6.88. The smallest absolute Gasteiger partial charge is 0.187 e. The summed E-state index contributed by atoms with van der Waals surface area (Å²) in [6, 6.07) is 18.9. The van der Waals surface area contributed by atoms with E-state index in [4.69, 9.17) is 11.6 Å². The highest BCUT2D eigenvalue weighted by Crippen LogP contribution is 2.38. The molecule has 0 amide bonds. The molecular weight excluding hydrogens is 404 g/mol. The van der Waals surface area contributed by atoms with Gasteiger partial charge in [0.25, 0.3) is 0 Å². The fraction of sp³-hybridized carbons (Fsp3) is 0.310. The largest absolute Gasteiger partial charge is 0.346 e. The molecule has 4 nitrogen and oxygen atoms in total. The summed E-state index contributed by atoms with van der Waals surface area (Å²) in [5.41, 5.74) is 7.53. The third kappa shape index (κ3) is 4.29. The van der Waals surface area contributed by atoms with E-state index in [1.807, 2.05) is 18.3 Å². The van der Waals surface area contributed by atoms with Gasteiger partial charge in [0.05, 0.1) is 24.0 Å². The number of piperidine rings is 1. The molecule has 4 aromatic rings. The summed E-state index contributed by atoms with van der Waals surface area (Å²) in [7, 11) is 0. The van der Waals surface area contributed by atoms with E-state index in [1.165, 1.54) is 29.3 Å². The molecule has 1 N–H and O–H groups in total. The molecule has 0 radical (unpaired) electrons. The quantitative estimate of drug-likeness (QED) is 0.342. The molecule has 0 atom stereocenters. The molecule has 5 rings (SSSR count). The minimum atomic E-state index is 0.499. The van der Waals surface area contributed by atoms with Gasteiger partial charge in [-0.1, -0.05) is 62.4 Å². The molecule has 0 unspecified atom stereocenters. The van der Waals surface area contributed by atoms with Crippen LogP contribution in [0.15, 0.2) is 67.0 Å². The lowest BCUT2D eigenvalue weighted by molar-refractivity contribution is 0.337. The van der Waals surface area contributed by atoms with Crippen molar-refractivity contribution < 1.29 is 0 Å². The fourth-order valence-electron chi connectivity index (χ4n) is 4.90. The lowest BCUT2D eigenvalue weighted by Crippen LogP contribution is -2.29. The molecule has 0 saturated carbocycles. The zero-order valence-corrected chi connectivity index (χ0v) is 19.4. The summed E-state index contributed by atoms with van der Waals surface area (Å²) in [5, 5.41) is 4.69. The molecule has 0 spiro atoms. The van der Waals surface area contributed by atoms with Crippen LogP contribution in [0, 0.1) is 12.5 Å². The van der Waals surface area contributed by atoms with Crippen molar-refractivity contribution in [1.29, 1.82) is 0 Å². The average molecular weight is 435 g/mol. The highest BCUT2D eigenvalue weighted by molar-refractivity contribution is 6.01. The van der Waals surface area contributed by atoms with Gasteiger partial charge in [0.2, 0.25) is 0 Å². The maximum absolute atomic E-state index is 7.31. The second-order valence-corrected chi connectivity index (χ2v) is 9.38. The third-order valence-electron chi connectivity index (χ3n) is 6.88. The topological polar surface area (TPSA) is 34.2 Å². The highest BCUT2D eigenvalue weighted by atomic mass is 15.0. The normalized spacial score (nSPS) is 14.6. The molecule has 2 aromatic carbocycles. The zero-order valence-electron chi connectivity index (χ0n) is 19.4. The van der Waals surface area contributed by atoms with Gasteiger partial charge in [-0.15, -0.1) is 0 Å². The molecule has 3 heterocycles. The Bertz CT molecular complexity index is 1280. The second kappa shape index (κ2) is 9.21. The molecule has 166 valence electrons. The lowest BCUT2D eigenvalue weighted by atomic mass is 9.94. The van der Waals surface area contributed by atoms with Crippen molar-refractivity contribution in [2.75, 3.05) is 13.1 Å². The summed E-state index contributed by atoms with van der Waals surface area (Å²) >= 11 is 0. The van der Waals surface area contributed by atoms with Gasteiger partial charge < -0.3 is 9.88 Å². The van der Waals surface area contributed by atoms with Gasteiger partial charge in [0.1, 0.15) is 0 Å². The minimum Gasteiger partial charge on any atom is -0.346 e. The van der Waals surface area contributed by atoms with Crippen LogP contribution >= 0.6 is 0 Å². The molecule has 33 heavy (non-hydrogen) atoms. The molecule has 1 aliphatic rings. The standard InChI is InChI=1S/C29H30N4/c1-20(2)22-4-6-24(7-5-22)29-28(23-8-10-25(30-3)11-9-23)26-14-17-33(27(26)18-32-29)19-21-12-15-31-16-13-21/h4-11,14,17-18,20-21,31H,12-13,15-16,19H2,1-2H3. The van der Waals surface area contributed by atoms with E-state index >= 15 is 0 Å². The fourth-order valence-corrected chi connectivity index (χ4v) is 4.90. The van der Waals surface area contributed by atoms with Gasteiger partial charge in [-0.25, -0.2) is 4.85 Å². The van der Waals surface area contributed by atoms with Crippen molar-refractivity contribution in [3.63, 3.8) is 0 Å². The van der Waals surface area contributed by atoms with Crippen LogP contribution in [0.5, 0.6) is 0 Å². The number of pyridine rings is 1. The number of hydrogen-bond donors (Lipinski definition) is 1. The molecule has 0 bridgehead atoms. The van der Waals surface area contributed by atoms with Crippen LogP contribution in [0.1, 0.15) is 38.2 Å². The summed E-state index contributed by atoms with van der Waals surface area (Å²) in [4.78, 5) is 8.57. The van der Waals surface area contributed by atoms with Gasteiger partial charge in [-0.3, -0.25) is 4.98 Å². The predicted molar refractivity (Wildman–Crippen MR) is 137 cm³/mol. The number of benzene rings is 2.